The van der Waals surface area contributed by atoms with Gasteiger partial charge < -0.3 is 14.4 Å². The highest BCUT2D eigenvalue weighted by atomic mass is 16.3. The van der Waals surface area contributed by atoms with E-state index in [1.54, 1.807) is 18.2 Å². The monoisotopic (exact) mass is 382 g/mol. The van der Waals surface area contributed by atoms with Gasteiger partial charge in [0.2, 0.25) is 0 Å². The number of amides is 1. The van der Waals surface area contributed by atoms with Crippen molar-refractivity contribution in [3.63, 3.8) is 0 Å². The van der Waals surface area contributed by atoms with Gasteiger partial charge in [0.05, 0.1) is 6.26 Å². The van der Waals surface area contributed by atoms with Crippen molar-refractivity contribution in [2.24, 2.45) is 0 Å². The Balaban J connectivity index is 1.60. The molecule has 1 fully saturated rings. The lowest BCUT2D eigenvalue weighted by Gasteiger charge is -2.44. The number of ketones is 1. The maximum atomic E-state index is 12.7. The van der Waals surface area contributed by atoms with Gasteiger partial charge in [0.25, 0.3) is 5.91 Å². The van der Waals surface area contributed by atoms with Crippen molar-refractivity contribution in [1.82, 2.24) is 9.80 Å². The minimum absolute atomic E-state index is 0.0572. The van der Waals surface area contributed by atoms with E-state index in [-0.39, 0.29) is 23.8 Å². The fraction of sp³-hybridized carbons (Fsp3) is 0.364. The van der Waals surface area contributed by atoms with Gasteiger partial charge in [-0.1, -0.05) is 30.3 Å². The zero-order valence-corrected chi connectivity index (χ0v) is 16.2. The van der Waals surface area contributed by atoms with E-state index in [4.69, 9.17) is 9.52 Å². The average Bonchev–Trinajstić information content (AvgIpc) is 3.21. The van der Waals surface area contributed by atoms with Crippen molar-refractivity contribution in [3.8, 4) is 0 Å². The lowest BCUT2D eigenvalue weighted by Crippen LogP contribution is -2.58. The number of aliphatic hydroxyl groups excluding tert-OH is 1. The number of aliphatic hydroxyl groups is 1. The third kappa shape index (κ3) is 4.77. The lowest BCUT2D eigenvalue weighted by atomic mass is 10.1. The second-order valence-corrected chi connectivity index (χ2v) is 7.28. The molecule has 3 rings (SSSR count). The zero-order chi connectivity index (χ0) is 20.1. The molecule has 1 aromatic heterocycles. The molecule has 1 saturated heterocycles. The molecule has 28 heavy (non-hydrogen) atoms. The first-order chi connectivity index (χ1) is 13.5. The van der Waals surface area contributed by atoms with E-state index in [0.29, 0.717) is 5.76 Å². The molecule has 6 heteroatoms. The van der Waals surface area contributed by atoms with E-state index in [0.717, 1.165) is 25.2 Å². The van der Waals surface area contributed by atoms with Gasteiger partial charge in [0.1, 0.15) is 6.61 Å². The van der Waals surface area contributed by atoms with Crippen molar-refractivity contribution in [2.75, 3.05) is 19.7 Å². The van der Waals surface area contributed by atoms with Gasteiger partial charge >= 0.3 is 0 Å². The van der Waals surface area contributed by atoms with Crippen LogP contribution in [0.3, 0.4) is 0 Å². The van der Waals surface area contributed by atoms with Crippen LogP contribution in [0.2, 0.25) is 0 Å². The molecular weight excluding hydrogens is 356 g/mol. The second kappa shape index (κ2) is 8.99. The molecule has 0 radical (unpaired) electrons. The summed E-state index contributed by atoms with van der Waals surface area (Å²) in [6.07, 6.45) is 4.61. The maximum Gasteiger partial charge on any atom is 0.290 e. The molecular formula is C22H26N2O4. The summed E-state index contributed by atoms with van der Waals surface area (Å²) in [5, 5.41) is 8.75. The van der Waals surface area contributed by atoms with Gasteiger partial charge in [0, 0.05) is 31.7 Å². The van der Waals surface area contributed by atoms with Crippen molar-refractivity contribution in [1.29, 1.82) is 0 Å². The number of hydrogen-bond acceptors (Lipinski definition) is 5. The Bertz CT molecular complexity index is 815. The van der Waals surface area contributed by atoms with Crippen LogP contribution in [0.25, 0.3) is 6.08 Å². The minimum atomic E-state index is -0.473. The summed E-state index contributed by atoms with van der Waals surface area (Å²) in [4.78, 5) is 28.1. The molecule has 1 N–H and O–H groups in total. The fourth-order valence-corrected chi connectivity index (χ4v) is 3.72. The van der Waals surface area contributed by atoms with Crippen LogP contribution in [0.1, 0.15) is 35.5 Å². The molecule has 1 aromatic carbocycles. The largest absolute Gasteiger partial charge is 0.459 e. The van der Waals surface area contributed by atoms with E-state index >= 15 is 0 Å². The third-order valence-electron chi connectivity index (χ3n) is 4.96. The molecule has 0 saturated carbocycles. The third-order valence-corrected chi connectivity index (χ3v) is 4.96. The highest BCUT2D eigenvalue weighted by Gasteiger charge is 2.34. The van der Waals surface area contributed by atoms with Gasteiger partial charge in [-0.15, -0.1) is 0 Å². The van der Waals surface area contributed by atoms with Crippen LogP contribution in [0, 0.1) is 0 Å². The summed E-state index contributed by atoms with van der Waals surface area (Å²) in [6, 6.07) is 11.6. The minimum Gasteiger partial charge on any atom is -0.459 e. The normalized spacial score (nSPS) is 20.6. The summed E-state index contributed by atoms with van der Waals surface area (Å²) >= 11 is 0. The molecule has 2 aromatic rings. The predicted octanol–water partition coefficient (Wildman–Crippen LogP) is 2.59. The molecule has 1 amide bonds. The summed E-state index contributed by atoms with van der Waals surface area (Å²) in [5.74, 6) is 0.0164. The van der Waals surface area contributed by atoms with Gasteiger partial charge in [-0.25, -0.2) is 0 Å². The van der Waals surface area contributed by atoms with Gasteiger partial charge in [-0.2, -0.15) is 0 Å². The Kier molecular flexibility index (Phi) is 6.44. The number of carbonyl (C=O) groups is 2. The number of nitrogens with zero attached hydrogens (tertiary/aromatic N) is 2. The fourth-order valence-electron chi connectivity index (χ4n) is 3.72. The number of hydrogen-bond donors (Lipinski definition) is 1. The van der Waals surface area contributed by atoms with Gasteiger partial charge in [-0.05, 0) is 43.2 Å². The van der Waals surface area contributed by atoms with Crippen molar-refractivity contribution < 1.29 is 19.1 Å². The van der Waals surface area contributed by atoms with Crippen LogP contribution in [0.5, 0.6) is 0 Å². The average molecular weight is 382 g/mol. The first kappa shape index (κ1) is 20.0. The van der Waals surface area contributed by atoms with Crippen molar-refractivity contribution in [3.05, 3.63) is 65.6 Å². The number of rotatable bonds is 6. The van der Waals surface area contributed by atoms with Crippen LogP contribution >= 0.6 is 0 Å². The van der Waals surface area contributed by atoms with E-state index in [1.807, 2.05) is 29.2 Å². The molecule has 0 bridgehead atoms. The van der Waals surface area contributed by atoms with Crippen molar-refractivity contribution in [2.45, 2.75) is 32.5 Å². The van der Waals surface area contributed by atoms with Crippen LogP contribution in [0.4, 0.5) is 0 Å². The zero-order valence-electron chi connectivity index (χ0n) is 16.2. The number of benzene rings is 1. The predicted molar refractivity (Wildman–Crippen MR) is 107 cm³/mol. The first-order valence-electron chi connectivity index (χ1n) is 9.47. The van der Waals surface area contributed by atoms with Crippen LogP contribution in [-0.4, -0.2) is 58.4 Å². The van der Waals surface area contributed by atoms with Gasteiger partial charge in [-0.3, -0.25) is 14.5 Å². The number of piperazine rings is 1. The quantitative estimate of drug-likeness (QED) is 0.778. The van der Waals surface area contributed by atoms with Gasteiger partial charge in [0.15, 0.2) is 11.5 Å². The second-order valence-electron chi connectivity index (χ2n) is 7.28. The number of furan rings is 1. The lowest BCUT2D eigenvalue weighted by molar-refractivity contribution is -0.117. The molecule has 148 valence electrons. The smallest absolute Gasteiger partial charge is 0.290 e. The molecule has 0 spiro atoms. The first-order valence-corrected chi connectivity index (χ1v) is 9.47. The molecule has 0 aliphatic carbocycles. The molecule has 0 unspecified atom stereocenters. The summed E-state index contributed by atoms with van der Waals surface area (Å²) in [7, 11) is 0. The Morgan fingerprint density at radius 3 is 2.39 bits per heavy atom. The van der Waals surface area contributed by atoms with E-state index in [1.165, 1.54) is 17.9 Å². The van der Waals surface area contributed by atoms with E-state index in [9.17, 15) is 9.59 Å². The SMILES string of the molecule is C[C@@H]1CN(Cc2ccc(/C=C/C(=O)CO)cc2)C[C@H](C)N1C(=O)c1ccco1. The van der Waals surface area contributed by atoms with E-state index < -0.39 is 6.61 Å². The Hall–Kier alpha value is -2.70. The van der Waals surface area contributed by atoms with Crippen molar-refractivity contribution >= 4 is 17.8 Å². The van der Waals surface area contributed by atoms with Crippen LogP contribution < -0.4 is 0 Å². The Morgan fingerprint density at radius 1 is 1.14 bits per heavy atom. The van der Waals surface area contributed by atoms with E-state index in [2.05, 4.69) is 18.7 Å². The summed E-state index contributed by atoms with van der Waals surface area (Å²) in [6.45, 7) is 6.05. The summed E-state index contributed by atoms with van der Waals surface area (Å²) in [5.41, 5.74) is 2.09. The van der Waals surface area contributed by atoms with Crippen LogP contribution in [0.15, 0.2) is 53.2 Å². The highest BCUT2D eigenvalue weighted by molar-refractivity contribution is 5.94. The number of carbonyl (C=O) groups excluding carboxylic acids is 2. The topological polar surface area (TPSA) is 74.0 Å². The van der Waals surface area contributed by atoms with Crippen LogP contribution in [-0.2, 0) is 11.3 Å². The summed E-state index contributed by atoms with van der Waals surface area (Å²) < 4.78 is 5.28. The highest BCUT2D eigenvalue weighted by Crippen LogP contribution is 2.21. The maximum absolute atomic E-state index is 12.7. The molecule has 1 aliphatic heterocycles. The molecule has 1 aliphatic rings. The molecule has 2 atom stereocenters. The Morgan fingerprint density at radius 2 is 1.82 bits per heavy atom. The molecule has 6 nitrogen and oxygen atoms in total. The molecule has 2 heterocycles. The standard InChI is InChI=1S/C22H26N2O4/c1-16-12-23(13-17(2)24(16)22(27)21-4-3-11-28-21)14-19-7-5-18(6-8-19)9-10-20(26)15-25/h3-11,16-17,25H,12-15H2,1-2H3/b10-9+/t16-,17+. The Labute approximate surface area is 165 Å².